The first-order valence-electron chi connectivity index (χ1n) is 7.72. The number of fused-ring (bicyclic) bond motifs is 1. The fourth-order valence-corrected chi connectivity index (χ4v) is 3.41. The first kappa shape index (κ1) is 17.7. The van der Waals surface area contributed by atoms with Crippen molar-refractivity contribution < 1.29 is 33.3 Å². The summed E-state index contributed by atoms with van der Waals surface area (Å²) in [4.78, 5) is 17.1. The highest BCUT2D eigenvalue weighted by atomic mass is 79.9. The second-order valence-corrected chi connectivity index (χ2v) is 6.11. The Labute approximate surface area is 153 Å². The van der Waals surface area contributed by atoms with Crippen LogP contribution >= 0.6 is 15.9 Å². The highest BCUT2D eigenvalue weighted by molar-refractivity contribution is 9.10. The fraction of sp³-hybridized carbons (Fsp3) is 0.500. The van der Waals surface area contributed by atoms with E-state index in [1.54, 1.807) is 14.0 Å². The van der Waals surface area contributed by atoms with Crippen molar-refractivity contribution in [1.29, 1.82) is 0 Å². The molecule has 0 fully saturated rings. The number of carbonyl (C=O) groups is 1. The van der Waals surface area contributed by atoms with Crippen molar-refractivity contribution in [3.05, 3.63) is 10.0 Å². The molecule has 1 aromatic rings. The summed E-state index contributed by atoms with van der Waals surface area (Å²) in [7, 11) is 3.08. The van der Waals surface area contributed by atoms with E-state index in [9.17, 15) is 4.79 Å². The number of esters is 1. The molecule has 0 saturated carbocycles. The third-order valence-electron chi connectivity index (χ3n) is 3.85. The maximum Gasteiger partial charge on any atom is 0.356 e. The number of carbonyl (C=O) groups excluding carboxylic acids is 1. The average Bonchev–Trinajstić information content (AvgIpc) is 3.26. The van der Waals surface area contributed by atoms with Gasteiger partial charge in [0.15, 0.2) is 17.2 Å². The predicted molar refractivity (Wildman–Crippen MR) is 90.6 cm³/mol. The molecular formula is C16H18BrNO7. The third kappa shape index (κ3) is 3.20. The molecule has 0 aromatic heterocycles. The molecule has 0 N–H and O–H groups in total. The van der Waals surface area contributed by atoms with Gasteiger partial charge >= 0.3 is 5.97 Å². The van der Waals surface area contributed by atoms with E-state index in [4.69, 9.17) is 28.5 Å². The molecule has 2 aliphatic heterocycles. The Kier molecular flexibility index (Phi) is 5.22. The van der Waals surface area contributed by atoms with E-state index in [0.717, 1.165) is 5.56 Å². The normalized spacial score (nSPS) is 17.8. The summed E-state index contributed by atoms with van der Waals surface area (Å²) >= 11 is 3.54. The molecule has 0 radical (unpaired) electrons. The number of methoxy groups -OCH3 is 2. The van der Waals surface area contributed by atoms with Crippen LogP contribution in [0.1, 0.15) is 18.9 Å². The van der Waals surface area contributed by atoms with Gasteiger partial charge in [0.2, 0.25) is 18.3 Å². The second-order valence-electron chi connectivity index (χ2n) is 5.32. The van der Waals surface area contributed by atoms with Crippen LogP contribution in [0.5, 0.6) is 23.0 Å². The number of nitrogens with zero attached hydrogens (tertiary/aromatic N) is 1. The molecular weight excluding hydrogens is 398 g/mol. The van der Waals surface area contributed by atoms with Gasteiger partial charge in [-0.05, 0) is 22.9 Å². The van der Waals surface area contributed by atoms with E-state index >= 15 is 0 Å². The number of halogens is 1. The molecule has 2 heterocycles. The zero-order valence-electron chi connectivity index (χ0n) is 14.1. The van der Waals surface area contributed by atoms with E-state index in [2.05, 4.69) is 21.1 Å². The van der Waals surface area contributed by atoms with Crippen molar-refractivity contribution in [2.24, 2.45) is 5.16 Å². The fourth-order valence-electron chi connectivity index (χ4n) is 2.77. The summed E-state index contributed by atoms with van der Waals surface area (Å²) in [6, 6.07) is 0. The van der Waals surface area contributed by atoms with Crippen LogP contribution in [0.15, 0.2) is 9.63 Å². The predicted octanol–water partition coefficient (Wildman–Crippen LogP) is 2.45. The van der Waals surface area contributed by atoms with Gasteiger partial charge in [0.05, 0.1) is 25.3 Å². The largest absolute Gasteiger partial charge is 0.492 e. The van der Waals surface area contributed by atoms with E-state index in [1.165, 1.54) is 7.11 Å². The zero-order chi connectivity index (χ0) is 18.0. The van der Waals surface area contributed by atoms with Gasteiger partial charge in [-0.25, -0.2) is 4.79 Å². The molecule has 0 spiro atoms. The quantitative estimate of drug-likeness (QED) is 0.659. The molecule has 2 aliphatic rings. The molecule has 0 aliphatic carbocycles. The molecule has 9 heteroatoms. The van der Waals surface area contributed by atoms with Crippen molar-refractivity contribution in [2.75, 3.05) is 27.6 Å². The van der Waals surface area contributed by atoms with Gasteiger partial charge < -0.3 is 28.5 Å². The van der Waals surface area contributed by atoms with Gasteiger partial charge in [0.25, 0.3) is 0 Å². The summed E-state index contributed by atoms with van der Waals surface area (Å²) < 4.78 is 27.6. The minimum atomic E-state index is -0.459. The van der Waals surface area contributed by atoms with Crippen LogP contribution in [0.2, 0.25) is 0 Å². The standard InChI is InChI=1S/C16H18BrNO7/c1-4-22-16(19)10-6-8(25-18-10)5-9-11(17)13-15(24-7-23-13)14(21-3)12(9)20-2/h8H,4-7H2,1-3H3/t8-/m1/s1. The van der Waals surface area contributed by atoms with Gasteiger partial charge in [-0.2, -0.15) is 0 Å². The van der Waals surface area contributed by atoms with Crippen molar-refractivity contribution in [3.63, 3.8) is 0 Å². The van der Waals surface area contributed by atoms with Crippen LogP contribution in [0.4, 0.5) is 0 Å². The minimum Gasteiger partial charge on any atom is -0.492 e. The number of hydrogen-bond acceptors (Lipinski definition) is 8. The SMILES string of the molecule is CCOC(=O)C1=NO[C@H](Cc2c(Br)c3c(c(OC)c2OC)OCO3)C1. The Bertz CT molecular complexity index is 719. The van der Waals surface area contributed by atoms with Crippen LogP contribution in [-0.2, 0) is 20.8 Å². The highest BCUT2D eigenvalue weighted by Gasteiger charge is 2.34. The van der Waals surface area contributed by atoms with E-state index in [0.29, 0.717) is 46.9 Å². The lowest BCUT2D eigenvalue weighted by atomic mass is 10.0. The second kappa shape index (κ2) is 7.38. The Balaban J connectivity index is 1.85. The molecule has 1 atom stereocenters. The van der Waals surface area contributed by atoms with Crippen LogP contribution in [0.25, 0.3) is 0 Å². The Hall–Kier alpha value is -2.16. The van der Waals surface area contributed by atoms with E-state index in [1.807, 2.05) is 0 Å². The lowest BCUT2D eigenvalue weighted by molar-refractivity contribution is -0.135. The number of ether oxygens (including phenoxy) is 5. The Morgan fingerprint density at radius 2 is 1.96 bits per heavy atom. The van der Waals surface area contributed by atoms with Gasteiger partial charge in [0.1, 0.15) is 6.10 Å². The smallest absolute Gasteiger partial charge is 0.356 e. The van der Waals surface area contributed by atoms with Crippen LogP contribution < -0.4 is 18.9 Å². The number of benzene rings is 1. The van der Waals surface area contributed by atoms with Crippen molar-refractivity contribution in [2.45, 2.75) is 25.9 Å². The third-order valence-corrected chi connectivity index (χ3v) is 4.69. The molecule has 0 amide bonds. The first-order chi connectivity index (χ1) is 12.1. The number of hydrogen-bond donors (Lipinski definition) is 0. The van der Waals surface area contributed by atoms with Crippen LogP contribution in [0.3, 0.4) is 0 Å². The highest BCUT2D eigenvalue weighted by Crippen LogP contribution is 2.54. The molecule has 3 rings (SSSR count). The topological polar surface area (TPSA) is 84.8 Å². The summed E-state index contributed by atoms with van der Waals surface area (Å²) in [5.74, 6) is 1.56. The lowest BCUT2D eigenvalue weighted by Gasteiger charge is -2.18. The molecule has 1 aromatic carbocycles. The van der Waals surface area contributed by atoms with Gasteiger partial charge in [-0.1, -0.05) is 5.16 Å². The van der Waals surface area contributed by atoms with Crippen LogP contribution in [-0.4, -0.2) is 45.4 Å². The van der Waals surface area contributed by atoms with Crippen molar-refractivity contribution in [3.8, 4) is 23.0 Å². The number of oxime groups is 1. The van der Waals surface area contributed by atoms with Crippen molar-refractivity contribution in [1.82, 2.24) is 0 Å². The zero-order valence-corrected chi connectivity index (χ0v) is 15.7. The molecule has 136 valence electrons. The average molecular weight is 416 g/mol. The van der Waals surface area contributed by atoms with E-state index < -0.39 is 5.97 Å². The molecule has 0 saturated heterocycles. The summed E-state index contributed by atoms with van der Waals surface area (Å²) in [6.45, 7) is 2.14. The minimum absolute atomic E-state index is 0.104. The Morgan fingerprint density at radius 1 is 1.24 bits per heavy atom. The summed E-state index contributed by atoms with van der Waals surface area (Å²) in [5.41, 5.74) is 1.06. The van der Waals surface area contributed by atoms with Gasteiger partial charge in [-0.15, -0.1) is 0 Å². The molecule has 8 nitrogen and oxygen atoms in total. The Morgan fingerprint density at radius 3 is 2.64 bits per heavy atom. The lowest BCUT2D eigenvalue weighted by Crippen LogP contribution is -2.19. The van der Waals surface area contributed by atoms with Crippen molar-refractivity contribution >= 4 is 27.6 Å². The maximum absolute atomic E-state index is 11.8. The van der Waals surface area contributed by atoms with E-state index in [-0.39, 0.29) is 18.6 Å². The van der Waals surface area contributed by atoms with Gasteiger partial charge in [0, 0.05) is 18.4 Å². The van der Waals surface area contributed by atoms with Gasteiger partial charge in [-0.3, -0.25) is 0 Å². The maximum atomic E-state index is 11.8. The molecule has 0 unspecified atom stereocenters. The summed E-state index contributed by atoms with van der Waals surface area (Å²) in [5, 5.41) is 3.83. The summed E-state index contributed by atoms with van der Waals surface area (Å²) in [6.07, 6.45) is 0.462. The number of rotatable bonds is 6. The first-order valence-corrected chi connectivity index (χ1v) is 8.51. The molecule has 0 bridgehead atoms. The monoisotopic (exact) mass is 415 g/mol. The van der Waals surface area contributed by atoms with Crippen LogP contribution in [0, 0.1) is 0 Å². The molecule has 25 heavy (non-hydrogen) atoms.